The van der Waals surface area contributed by atoms with Gasteiger partial charge in [0, 0.05) is 12.6 Å². The first kappa shape index (κ1) is 31.2. The van der Waals surface area contributed by atoms with Gasteiger partial charge in [-0.1, -0.05) is 0 Å². The summed E-state index contributed by atoms with van der Waals surface area (Å²) in [6, 6.07) is 1.31. The van der Waals surface area contributed by atoms with Gasteiger partial charge < -0.3 is 46.3 Å². The summed E-state index contributed by atoms with van der Waals surface area (Å²) < 4.78 is 65.1. The Morgan fingerprint density at radius 3 is 2.56 bits per heavy atom. The second-order valence-electron chi connectivity index (χ2n) is 8.98. The highest BCUT2D eigenvalue weighted by molar-refractivity contribution is 7.47. The molecule has 4 heterocycles. The Morgan fingerprint density at radius 2 is 1.88 bits per heavy atom. The summed E-state index contributed by atoms with van der Waals surface area (Å²) in [5, 5.41) is 0. The van der Waals surface area contributed by atoms with Crippen LogP contribution in [-0.4, -0.2) is 78.8 Å². The summed E-state index contributed by atoms with van der Waals surface area (Å²) in [4.78, 5) is 53.1. The molecular formula is C19H29FN8O11P2. The fraction of sp³-hybridized carbons (Fsp3) is 0.579. The first-order valence-electron chi connectivity index (χ1n) is 12.0. The Labute approximate surface area is 231 Å². The minimum Gasteiger partial charge on any atom is -0.393 e. The summed E-state index contributed by atoms with van der Waals surface area (Å²) >= 11 is 0. The number of rotatable bonds is 12. The second kappa shape index (κ2) is 12.6. The van der Waals surface area contributed by atoms with E-state index in [1.165, 1.54) is 12.3 Å². The molecule has 0 radical (unpaired) electrons. The van der Waals surface area contributed by atoms with Crippen LogP contribution in [0.4, 0.5) is 27.5 Å². The third-order valence-electron chi connectivity index (χ3n) is 6.17. The largest absolute Gasteiger partial charge is 0.472 e. The fourth-order valence-electron chi connectivity index (χ4n) is 4.26. The zero-order valence-corrected chi connectivity index (χ0v) is 23.0. The number of phosphoric acid groups is 2. The standard InChI is InChI=1S/C19H29FN8O11P2/c20-8-28(18-16(22)17(23)24-9-25-18)14-2-1-10(37-14)6-36-41(33,34)39-11-5-15(27-4-3-13(21)26-19(27)29)38-12(11)7-35-40(30,31)32/h3-4,9-12,14-15H,1-2,5-8,22H2,(H,33,34)(H2,21,26,29)(H2,23,24,25)(H2,30,31,32)/t10-,11-,12+,14+,15+/m0/s1. The van der Waals surface area contributed by atoms with Crippen LogP contribution >= 0.6 is 15.6 Å². The molecule has 0 aromatic carbocycles. The van der Waals surface area contributed by atoms with Crippen LogP contribution in [0.15, 0.2) is 23.4 Å². The molecule has 2 fully saturated rings. The van der Waals surface area contributed by atoms with Gasteiger partial charge in [-0.3, -0.25) is 18.1 Å². The number of ether oxygens (including phenoxy) is 2. The average Bonchev–Trinajstić information content (AvgIpc) is 3.51. The molecule has 0 saturated carbocycles. The maximum absolute atomic E-state index is 13.9. The highest BCUT2D eigenvalue weighted by atomic mass is 31.2. The van der Waals surface area contributed by atoms with Crippen molar-refractivity contribution in [1.29, 1.82) is 0 Å². The Morgan fingerprint density at radius 1 is 1.12 bits per heavy atom. The van der Waals surface area contributed by atoms with E-state index >= 15 is 0 Å². The predicted octanol–water partition coefficient (Wildman–Crippen LogP) is -0.382. The number of nitrogen functional groups attached to an aromatic ring is 3. The first-order chi connectivity index (χ1) is 19.3. The number of phosphoric ester groups is 2. The van der Waals surface area contributed by atoms with E-state index in [9.17, 15) is 23.2 Å². The van der Waals surface area contributed by atoms with E-state index < -0.39 is 72.1 Å². The lowest BCUT2D eigenvalue weighted by atomic mass is 10.2. The molecule has 2 aliphatic rings. The van der Waals surface area contributed by atoms with Gasteiger partial charge in [0.2, 0.25) is 0 Å². The van der Waals surface area contributed by atoms with Crippen LogP contribution in [-0.2, 0) is 32.2 Å². The zero-order valence-electron chi connectivity index (χ0n) is 21.2. The van der Waals surface area contributed by atoms with E-state index in [1.54, 1.807) is 0 Å². The smallest absolute Gasteiger partial charge is 0.393 e. The maximum Gasteiger partial charge on any atom is 0.472 e. The van der Waals surface area contributed by atoms with Crippen molar-refractivity contribution in [2.45, 2.75) is 50.0 Å². The van der Waals surface area contributed by atoms with Gasteiger partial charge in [0.25, 0.3) is 0 Å². The summed E-state index contributed by atoms with van der Waals surface area (Å²) in [6.45, 7) is -2.20. The molecule has 2 saturated heterocycles. The number of alkyl halides is 1. The number of nitrogens with zero attached hydrogens (tertiary/aromatic N) is 5. The molecule has 0 spiro atoms. The molecule has 9 N–H and O–H groups in total. The van der Waals surface area contributed by atoms with Gasteiger partial charge in [-0.05, 0) is 18.9 Å². The SMILES string of the molecule is Nc1ccn([C@H]2C[C@H](OP(=O)(O)OC[C@@H]3CC[C@H](N(CF)c4ncnc(N)c4N)O3)[C@@H](COP(=O)(O)O)O2)c(=O)n1. The molecule has 19 nitrogen and oxygen atoms in total. The molecule has 0 bridgehead atoms. The highest BCUT2D eigenvalue weighted by Gasteiger charge is 2.43. The third kappa shape index (κ3) is 7.95. The number of hydrogen-bond acceptors (Lipinski definition) is 15. The Kier molecular flexibility index (Phi) is 9.59. The zero-order chi connectivity index (χ0) is 29.9. The molecule has 2 aromatic heterocycles. The van der Waals surface area contributed by atoms with Crippen molar-refractivity contribution in [1.82, 2.24) is 19.5 Å². The van der Waals surface area contributed by atoms with E-state index in [2.05, 4.69) is 19.5 Å². The minimum absolute atomic E-state index is 0.0255. The molecule has 1 unspecified atom stereocenters. The van der Waals surface area contributed by atoms with Crippen molar-refractivity contribution in [3.63, 3.8) is 0 Å². The molecule has 2 aromatic rings. The second-order valence-corrected chi connectivity index (χ2v) is 11.6. The van der Waals surface area contributed by atoms with Gasteiger partial charge in [-0.15, -0.1) is 0 Å². The normalized spacial score (nSPS) is 26.2. The van der Waals surface area contributed by atoms with Crippen molar-refractivity contribution < 1.29 is 51.2 Å². The molecule has 22 heteroatoms. The average molecular weight is 626 g/mol. The van der Waals surface area contributed by atoms with Gasteiger partial charge in [-0.2, -0.15) is 4.98 Å². The summed E-state index contributed by atoms with van der Waals surface area (Å²) in [6.07, 6.45) is -2.52. The minimum atomic E-state index is -4.94. The van der Waals surface area contributed by atoms with E-state index in [0.717, 1.165) is 15.8 Å². The molecule has 4 rings (SSSR count). The van der Waals surface area contributed by atoms with Crippen LogP contribution < -0.4 is 27.8 Å². The van der Waals surface area contributed by atoms with Crippen LogP contribution in [0.2, 0.25) is 0 Å². The lowest BCUT2D eigenvalue weighted by molar-refractivity contribution is -0.0476. The third-order valence-corrected chi connectivity index (χ3v) is 7.67. The monoisotopic (exact) mass is 626 g/mol. The molecule has 0 amide bonds. The van der Waals surface area contributed by atoms with Crippen molar-refractivity contribution in [2.24, 2.45) is 0 Å². The number of nitrogens with two attached hydrogens (primary N) is 3. The van der Waals surface area contributed by atoms with Gasteiger partial charge in [-0.25, -0.2) is 28.3 Å². The Balaban J connectivity index is 1.38. The first-order valence-corrected chi connectivity index (χ1v) is 15.0. The van der Waals surface area contributed by atoms with Crippen molar-refractivity contribution >= 4 is 38.8 Å². The number of anilines is 4. The van der Waals surface area contributed by atoms with E-state index in [4.69, 9.17) is 45.5 Å². The molecular weight excluding hydrogens is 597 g/mol. The number of aromatic nitrogens is 4. The molecule has 2 aliphatic heterocycles. The van der Waals surface area contributed by atoms with E-state index in [0.29, 0.717) is 12.8 Å². The van der Waals surface area contributed by atoms with E-state index in [-0.39, 0.29) is 29.6 Å². The molecule has 6 atom stereocenters. The van der Waals surface area contributed by atoms with Crippen molar-refractivity contribution in [3.05, 3.63) is 29.1 Å². The lowest BCUT2D eigenvalue weighted by Gasteiger charge is -2.28. The van der Waals surface area contributed by atoms with E-state index in [1.807, 2.05) is 0 Å². The van der Waals surface area contributed by atoms with Crippen LogP contribution in [0.3, 0.4) is 0 Å². The highest BCUT2D eigenvalue weighted by Crippen LogP contribution is 2.49. The van der Waals surface area contributed by atoms with Crippen LogP contribution in [0.1, 0.15) is 25.5 Å². The van der Waals surface area contributed by atoms with Crippen molar-refractivity contribution in [2.75, 3.05) is 42.1 Å². The van der Waals surface area contributed by atoms with Gasteiger partial charge in [0.1, 0.15) is 42.5 Å². The van der Waals surface area contributed by atoms with Gasteiger partial charge in [0.05, 0.1) is 19.3 Å². The maximum atomic E-state index is 13.9. The number of hydrogen-bond donors (Lipinski definition) is 6. The molecule has 0 aliphatic carbocycles. The van der Waals surface area contributed by atoms with Gasteiger partial charge in [0.15, 0.2) is 18.4 Å². The Bertz CT molecular complexity index is 1380. The topological polar surface area (TPSA) is 283 Å². The summed E-state index contributed by atoms with van der Waals surface area (Å²) in [5.74, 6) is -0.0651. The quantitative estimate of drug-likeness (QED) is 0.129. The molecule has 228 valence electrons. The number of halogens is 1. The fourth-order valence-corrected chi connectivity index (χ4v) is 5.58. The van der Waals surface area contributed by atoms with Gasteiger partial charge >= 0.3 is 21.3 Å². The summed E-state index contributed by atoms with van der Waals surface area (Å²) in [5.41, 5.74) is 16.2. The summed E-state index contributed by atoms with van der Waals surface area (Å²) in [7, 11) is -9.78. The van der Waals surface area contributed by atoms with Crippen molar-refractivity contribution in [3.8, 4) is 0 Å². The lowest BCUT2D eigenvalue weighted by Crippen LogP contribution is -2.36. The molecule has 41 heavy (non-hydrogen) atoms. The predicted molar refractivity (Wildman–Crippen MR) is 137 cm³/mol. The van der Waals surface area contributed by atoms with Crippen LogP contribution in [0.5, 0.6) is 0 Å². The van der Waals surface area contributed by atoms with Crippen LogP contribution in [0.25, 0.3) is 0 Å². The Hall–Kier alpha value is -2.77. The van der Waals surface area contributed by atoms with Crippen LogP contribution in [0, 0.1) is 0 Å².